The van der Waals surface area contributed by atoms with Crippen molar-refractivity contribution in [3.63, 3.8) is 0 Å². The summed E-state index contributed by atoms with van der Waals surface area (Å²) in [5.41, 5.74) is 1.02. The first-order valence-corrected chi connectivity index (χ1v) is 11.4. The number of aromatic nitrogens is 1. The van der Waals surface area contributed by atoms with E-state index in [0.29, 0.717) is 62.3 Å². The summed E-state index contributed by atoms with van der Waals surface area (Å²) in [6, 6.07) is 6.97. The minimum absolute atomic E-state index is 0.228. The van der Waals surface area contributed by atoms with Crippen molar-refractivity contribution in [2.24, 2.45) is 0 Å². The zero-order valence-electron chi connectivity index (χ0n) is 18.9. The Labute approximate surface area is 193 Å². The lowest BCUT2D eigenvalue weighted by Gasteiger charge is -2.22. The quantitative estimate of drug-likeness (QED) is 0.416. The average molecular weight is 465 g/mol. The number of benzene rings is 1. The van der Waals surface area contributed by atoms with Crippen LogP contribution in [0.4, 0.5) is 10.5 Å². The number of amides is 3. The Kier molecular flexibility index (Phi) is 11.5. The lowest BCUT2D eigenvalue weighted by Crippen LogP contribution is -2.35. The number of urea groups is 1. The van der Waals surface area contributed by atoms with Crippen molar-refractivity contribution >= 4 is 29.0 Å². The van der Waals surface area contributed by atoms with E-state index in [1.807, 2.05) is 19.1 Å². The smallest absolute Gasteiger partial charge is 0.322 e. The van der Waals surface area contributed by atoms with Crippen LogP contribution in [0.1, 0.15) is 35.3 Å². The maximum absolute atomic E-state index is 12.9. The fourth-order valence-electron chi connectivity index (χ4n) is 2.82. The second-order valence-electron chi connectivity index (χ2n) is 6.88. The second kappa shape index (κ2) is 14.4. The van der Waals surface area contributed by atoms with E-state index in [4.69, 9.17) is 14.2 Å². The maximum atomic E-state index is 12.9. The van der Waals surface area contributed by atoms with Crippen molar-refractivity contribution in [2.75, 3.05) is 52.4 Å². The van der Waals surface area contributed by atoms with Crippen LogP contribution < -0.4 is 15.4 Å². The number of anilines is 1. The summed E-state index contributed by atoms with van der Waals surface area (Å²) in [4.78, 5) is 31.2. The molecule has 0 saturated heterocycles. The molecule has 0 aliphatic rings. The monoisotopic (exact) mass is 464 g/mol. The van der Waals surface area contributed by atoms with Gasteiger partial charge in [-0.3, -0.25) is 4.79 Å². The van der Waals surface area contributed by atoms with Gasteiger partial charge in [0, 0.05) is 51.6 Å². The van der Waals surface area contributed by atoms with Gasteiger partial charge in [-0.15, -0.1) is 11.3 Å². The zero-order valence-corrected chi connectivity index (χ0v) is 19.7. The van der Waals surface area contributed by atoms with Crippen LogP contribution in [0.15, 0.2) is 29.6 Å². The number of nitrogens with zero attached hydrogens (tertiary/aromatic N) is 2. The van der Waals surface area contributed by atoms with Crippen molar-refractivity contribution < 1.29 is 23.8 Å². The summed E-state index contributed by atoms with van der Waals surface area (Å²) in [6.07, 6.45) is 1.42. The molecule has 1 aromatic heterocycles. The molecule has 0 fully saturated rings. The van der Waals surface area contributed by atoms with Gasteiger partial charge < -0.3 is 29.7 Å². The third-order valence-electron chi connectivity index (χ3n) is 4.40. The summed E-state index contributed by atoms with van der Waals surface area (Å²) < 4.78 is 15.5. The Bertz CT molecular complexity index is 828. The molecular formula is C22H32N4O5S. The minimum atomic E-state index is -0.244. The zero-order chi connectivity index (χ0) is 23.2. The fourth-order valence-corrected chi connectivity index (χ4v) is 3.60. The number of hydrogen-bond donors (Lipinski definition) is 2. The lowest BCUT2D eigenvalue weighted by atomic mass is 10.3. The number of hydrogen-bond acceptors (Lipinski definition) is 7. The second-order valence-corrected chi connectivity index (χ2v) is 7.83. The largest absolute Gasteiger partial charge is 0.494 e. The normalized spacial score (nSPS) is 10.6. The Hall–Kier alpha value is -2.69. The van der Waals surface area contributed by atoms with E-state index in [-0.39, 0.29) is 11.9 Å². The van der Waals surface area contributed by atoms with Crippen LogP contribution in [0.5, 0.6) is 5.75 Å². The number of thiazole rings is 1. The van der Waals surface area contributed by atoms with E-state index < -0.39 is 0 Å². The van der Waals surface area contributed by atoms with Crippen LogP contribution in [-0.2, 0) is 16.0 Å². The molecule has 0 unspecified atom stereocenters. The topological polar surface area (TPSA) is 102 Å². The van der Waals surface area contributed by atoms with Gasteiger partial charge in [0.1, 0.15) is 16.5 Å². The molecule has 0 bridgehead atoms. The molecule has 2 N–H and O–H groups in total. The first-order valence-electron chi connectivity index (χ1n) is 10.6. The van der Waals surface area contributed by atoms with Crippen molar-refractivity contribution in [1.82, 2.24) is 15.2 Å². The van der Waals surface area contributed by atoms with E-state index in [1.54, 1.807) is 36.6 Å². The van der Waals surface area contributed by atoms with Crippen molar-refractivity contribution in [3.05, 3.63) is 40.3 Å². The molecule has 10 heteroatoms. The third kappa shape index (κ3) is 8.81. The fraction of sp³-hybridized carbons (Fsp3) is 0.500. The van der Waals surface area contributed by atoms with Gasteiger partial charge in [-0.25, -0.2) is 9.78 Å². The van der Waals surface area contributed by atoms with E-state index in [1.165, 1.54) is 11.3 Å². The van der Waals surface area contributed by atoms with Crippen molar-refractivity contribution in [3.8, 4) is 5.75 Å². The van der Waals surface area contributed by atoms with E-state index in [9.17, 15) is 9.59 Å². The van der Waals surface area contributed by atoms with Gasteiger partial charge in [0.25, 0.3) is 5.91 Å². The maximum Gasteiger partial charge on any atom is 0.322 e. The van der Waals surface area contributed by atoms with Gasteiger partial charge >= 0.3 is 6.03 Å². The molecule has 1 heterocycles. The Balaban J connectivity index is 1.98. The minimum Gasteiger partial charge on any atom is -0.494 e. The van der Waals surface area contributed by atoms with Crippen molar-refractivity contribution in [2.45, 2.75) is 26.3 Å². The summed E-state index contributed by atoms with van der Waals surface area (Å²) in [5.74, 6) is 0.520. The van der Waals surface area contributed by atoms with Crippen LogP contribution in [0.2, 0.25) is 0 Å². The standard InChI is InChI=1S/C22H32N4O5S/c1-4-31-18-9-7-17(8-10-18)24-22(28)26(12-6-14-30-3)15-20-25-19(16-32-20)21(27)23-11-5-13-29-2/h7-10,16H,4-6,11-15H2,1-3H3,(H,23,27)(H,24,28). The van der Waals surface area contributed by atoms with Crippen molar-refractivity contribution in [1.29, 1.82) is 0 Å². The number of carbonyl (C=O) groups excluding carboxylic acids is 2. The van der Waals surface area contributed by atoms with Gasteiger partial charge in [0.15, 0.2) is 0 Å². The van der Waals surface area contributed by atoms with Crippen LogP contribution in [0.25, 0.3) is 0 Å². The highest BCUT2D eigenvalue weighted by molar-refractivity contribution is 7.09. The molecule has 2 aromatic rings. The van der Waals surface area contributed by atoms with Crippen LogP contribution in [0.3, 0.4) is 0 Å². The number of methoxy groups -OCH3 is 2. The average Bonchev–Trinajstić information content (AvgIpc) is 3.26. The Morgan fingerprint density at radius 2 is 1.81 bits per heavy atom. The summed E-state index contributed by atoms with van der Waals surface area (Å²) in [6.45, 7) is 4.95. The Morgan fingerprint density at radius 3 is 2.50 bits per heavy atom. The van der Waals surface area contributed by atoms with Gasteiger partial charge in [-0.1, -0.05) is 0 Å². The van der Waals surface area contributed by atoms with Crippen LogP contribution >= 0.6 is 11.3 Å². The number of ether oxygens (including phenoxy) is 3. The molecule has 0 saturated carbocycles. The number of carbonyl (C=O) groups is 2. The predicted octanol–water partition coefficient (Wildman–Crippen LogP) is 3.38. The highest BCUT2D eigenvalue weighted by Crippen LogP contribution is 2.18. The summed E-state index contributed by atoms with van der Waals surface area (Å²) in [5, 5.41) is 8.11. The Morgan fingerprint density at radius 1 is 1.09 bits per heavy atom. The number of rotatable bonds is 14. The predicted molar refractivity (Wildman–Crippen MR) is 124 cm³/mol. The molecular weight excluding hydrogens is 432 g/mol. The molecule has 3 amide bonds. The number of nitrogens with one attached hydrogen (secondary N) is 2. The van der Waals surface area contributed by atoms with Crippen LogP contribution in [0, 0.1) is 0 Å². The van der Waals surface area contributed by atoms with E-state index in [2.05, 4.69) is 15.6 Å². The summed E-state index contributed by atoms with van der Waals surface area (Å²) >= 11 is 1.35. The third-order valence-corrected chi connectivity index (χ3v) is 5.24. The molecule has 0 aliphatic carbocycles. The SMILES string of the molecule is CCOc1ccc(NC(=O)N(CCCOC)Cc2nc(C(=O)NCCCOC)cs2)cc1. The molecule has 0 spiro atoms. The molecule has 9 nitrogen and oxygen atoms in total. The first-order chi connectivity index (χ1) is 15.6. The van der Waals surface area contributed by atoms with Crippen LogP contribution in [-0.4, -0.2) is 69.0 Å². The van der Waals surface area contributed by atoms with E-state index >= 15 is 0 Å². The highest BCUT2D eigenvalue weighted by Gasteiger charge is 2.18. The molecule has 2 rings (SSSR count). The molecule has 32 heavy (non-hydrogen) atoms. The van der Waals surface area contributed by atoms with Gasteiger partial charge in [0.05, 0.1) is 13.2 Å². The molecule has 0 radical (unpaired) electrons. The highest BCUT2D eigenvalue weighted by atomic mass is 32.1. The molecule has 0 atom stereocenters. The van der Waals surface area contributed by atoms with Gasteiger partial charge in [-0.2, -0.15) is 0 Å². The molecule has 1 aromatic carbocycles. The van der Waals surface area contributed by atoms with Gasteiger partial charge in [-0.05, 0) is 44.0 Å². The van der Waals surface area contributed by atoms with Gasteiger partial charge in [0.2, 0.25) is 0 Å². The lowest BCUT2D eigenvalue weighted by molar-refractivity contribution is 0.0944. The summed E-state index contributed by atoms with van der Waals surface area (Å²) in [7, 11) is 3.25. The van der Waals surface area contributed by atoms with E-state index in [0.717, 1.165) is 12.2 Å². The molecule has 176 valence electrons. The first kappa shape index (κ1) is 25.6. The molecule has 0 aliphatic heterocycles.